The van der Waals surface area contributed by atoms with E-state index >= 15 is 0 Å². The highest BCUT2D eigenvalue weighted by Crippen LogP contribution is 2.34. The lowest BCUT2D eigenvalue weighted by molar-refractivity contribution is -0.139. The van der Waals surface area contributed by atoms with Gasteiger partial charge >= 0.3 is 5.97 Å². The number of hydrazone groups is 1. The van der Waals surface area contributed by atoms with Crippen LogP contribution in [0, 0.1) is 6.92 Å². The number of carbonyl (C=O) groups is 2. The van der Waals surface area contributed by atoms with Gasteiger partial charge in [-0.15, -0.1) is 0 Å². The highest BCUT2D eigenvalue weighted by molar-refractivity contribution is 9.10. The van der Waals surface area contributed by atoms with E-state index in [1.54, 1.807) is 38.1 Å². The van der Waals surface area contributed by atoms with Gasteiger partial charge in [0, 0.05) is 21.3 Å². The highest BCUT2D eigenvalue weighted by Gasteiger charge is 2.32. The van der Waals surface area contributed by atoms with Crippen LogP contribution in [-0.2, 0) is 14.3 Å². The molecule has 0 unspecified atom stereocenters. The number of halogens is 1. The molecule has 0 aliphatic carbocycles. The van der Waals surface area contributed by atoms with Gasteiger partial charge in [0.15, 0.2) is 11.7 Å². The minimum absolute atomic E-state index is 0.231. The molecular formula is C28H27BrN4O5S. The Hall–Kier alpha value is -3.96. The first-order chi connectivity index (χ1) is 18.8. The van der Waals surface area contributed by atoms with Gasteiger partial charge in [0.2, 0.25) is 0 Å². The van der Waals surface area contributed by atoms with Crippen molar-refractivity contribution in [2.24, 2.45) is 5.10 Å². The molecule has 1 aliphatic rings. The van der Waals surface area contributed by atoms with Crippen LogP contribution in [-0.4, -0.2) is 36.4 Å². The number of amides is 1. The molecule has 1 aliphatic heterocycles. The van der Waals surface area contributed by atoms with Crippen LogP contribution in [0.2, 0.25) is 0 Å². The zero-order valence-electron chi connectivity index (χ0n) is 21.5. The second kappa shape index (κ2) is 12.7. The molecule has 2 aromatic carbocycles. The largest absolute Gasteiger partial charge is 0.483 e. The maximum atomic E-state index is 12.7. The number of hydrogen-bond acceptors (Lipinski definition) is 7. The monoisotopic (exact) mass is 610 g/mol. The molecule has 4 rings (SSSR count). The van der Waals surface area contributed by atoms with Gasteiger partial charge in [0.1, 0.15) is 17.3 Å². The molecule has 1 aromatic heterocycles. The Bertz CT molecular complexity index is 1470. The van der Waals surface area contributed by atoms with Crippen LogP contribution >= 0.6 is 28.1 Å². The summed E-state index contributed by atoms with van der Waals surface area (Å²) in [5.74, 6) is 0.617. The zero-order chi connectivity index (χ0) is 27.9. The lowest BCUT2D eigenvalue weighted by Crippen LogP contribution is -2.45. The fourth-order valence-electron chi connectivity index (χ4n) is 3.99. The van der Waals surface area contributed by atoms with Gasteiger partial charge in [-0.05, 0) is 68.9 Å². The molecule has 9 nitrogen and oxygen atoms in total. The summed E-state index contributed by atoms with van der Waals surface area (Å²) in [5, 5.41) is 10.4. The van der Waals surface area contributed by atoms with E-state index < -0.39 is 17.9 Å². The molecular weight excluding hydrogens is 584 g/mol. The van der Waals surface area contributed by atoms with E-state index in [0.717, 1.165) is 15.6 Å². The zero-order valence-corrected chi connectivity index (χ0v) is 23.9. The number of rotatable bonds is 9. The molecule has 1 amide bonds. The summed E-state index contributed by atoms with van der Waals surface area (Å²) in [6, 6.07) is 16.0. The number of hydrogen-bond donors (Lipinski definition) is 3. The number of para-hydroxylation sites is 1. The van der Waals surface area contributed by atoms with Crippen LogP contribution in [0.3, 0.4) is 0 Å². The van der Waals surface area contributed by atoms with Crippen molar-refractivity contribution in [1.82, 2.24) is 16.1 Å². The summed E-state index contributed by atoms with van der Waals surface area (Å²) in [5.41, 5.74) is 6.07. The summed E-state index contributed by atoms with van der Waals surface area (Å²) < 4.78 is 17.8. The van der Waals surface area contributed by atoms with E-state index in [0.29, 0.717) is 39.2 Å². The molecule has 0 radical (unpaired) electrons. The van der Waals surface area contributed by atoms with E-state index in [-0.39, 0.29) is 13.2 Å². The Morgan fingerprint density at radius 2 is 1.97 bits per heavy atom. The lowest BCUT2D eigenvalue weighted by atomic mass is 9.95. The van der Waals surface area contributed by atoms with Crippen LogP contribution < -0.4 is 20.8 Å². The smallest absolute Gasteiger partial charge is 0.338 e. The van der Waals surface area contributed by atoms with Gasteiger partial charge in [-0.3, -0.25) is 4.79 Å². The van der Waals surface area contributed by atoms with Crippen LogP contribution in [0.1, 0.15) is 36.8 Å². The first kappa shape index (κ1) is 28.1. The number of carbonyl (C=O) groups excluding carboxylic acids is 2. The Kier molecular flexibility index (Phi) is 9.15. The van der Waals surface area contributed by atoms with Crippen molar-refractivity contribution in [2.75, 3.05) is 13.2 Å². The van der Waals surface area contributed by atoms with E-state index in [4.69, 9.17) is 26.1 Å². The molecule has 3 N–H and O–H groups in total. The average molecular weight is 612 g/mol. The maximum Gasteiger partial charge on any atom is 0.338 e. The molecule has 0 fully saturated rings. The van der Waals surface area contributed by atoms with Crippen LogP contribution in [0.25, 0.3) is 11.3 Å². The molecule has 11 heteroatoms. The Morgan fingerprint density at radius 3 is 2.74 bits per heavy atom. The van der Waals surface area contributed by atoms with Gasteiger partial charge in [-0.1, -0.05) is 40.2 Å². The van der Waals surface area contributed by atoms with Gasteiger partial charge in [-0.2, -0.15) is 5.10 Å². The second-order valence-corrected chi connectivity index (χ2v) is 9.86. The number of nitrogens with zero attached hydrogens (tertiary/aromatic N) is 1. The van der Waals surface area contributed by atoms with Crippen LogP contribution in [0.5, 0.6) is 5.75 Å². The van der Waals surface area contributed by atoms with Crippen LogP contribution in [0.4, 0.5) is 0 Å². The van der Waals surface area contributed by atoms with Crippen LogP contribution in [0.15, 0.2) is 79.9 Å². The lowest BCUT2D eigenvalue weighted by Gasteiger charge is -2.30. The third kappa shape index (κ3) is 6.92. The van der Waals surface area contributed by atoms with E-state index in [9.17, 15) is 9.59 Å². The molecule has 0 spiro atoms. The van der Waals surface area contributed by atoms with Gasteiger partial charge in [0.25, 0.3) is 5.91 Å². The number of furan rings is 1. The Labute approximate surface area is 239 Å². The predicted molar refractivity (Wildman–Crippen MR) is 155 cm³/mol. The predicted octanol–water partition coefficient (Wildman–Crippen LogP) is 4.90. The third-order valence-corrected chi connectivity index (χ3v) is 6.63. The van der Waals surface area contributed by atoms with Crippen molar-refractivity contribution in [3.05, 3.63) is 87.2 Å². The number of ether oxygens (including phenoxy) is 2. The van der Waals surface area contributed by atoms with Crippen molar-refractivity contribution < 1.29 is 23.5 Å². The SMILES string of the molecule is CCOC(=O)C1=C(C)NC(=S)N[C@H]1c1ccccc1OCC(=O)NN=Cc1ccc(-c2ccc(C)cc2Br)o1. The first-order valence-corrected chi connectivity index (χ1v) is 13.3. The highest BCUT2D eigenvalue weighted by atomic mass is 79.9. The normalized spacial score (nSPS) is 15.1. The molecule has 2 heterocycles. The minimum atomic E-state index is -0.614. The molecule has 0 saturated heterocycles. The molecule has 3 aromatic rings. The van der Waals surface area contributed by atoms with E-state index in [1.807, 2.05) is 37.3 Å². The van der Waals surface area contributed by atoms with Crippen molar-refractivity contribution in [2.45, 2.75) is 26.8 Å². The Morgan fingerprint density at radius 1 is 1.18 bits per heavy atom. The summed E-state index contributed by atoms with van der Waals surface area (Å²) >= 11 is 8.85. The molecule has 39 heavy (non-hydrogen) atoms. The molecule has 1 atom stereocenters. The number of thiocarbonyl (C=S) groups is 1. The van der Waals surface area contributed by atoms with Crippen molar-refractivity contribution in [3.63, 3.8) is 0 Å². The van der Waals surface area contributed by atoms with Gasteiger partial charge in [-0.25, -0.2) is 10.2 Å². The quantitative estimate of drug-likeness (QED) is 0.136. The van der Waals surface area contributed by atoms with E-state index in [1.165, 1.54) is 6.21 Å². The van der Waals surface area contributed by atoms with Gasteiger partial charge < -0.3 is 24.5 Å². The summed E-state index contributed by atoms with van der Waals surface area (Å²) in [6.07, 6.45) is 1.41. The molecule has 0 bridgehead atoms. The fourth-order valence-corrected chi connectivity index (χ4v) is 4.95. The summed E-state index contributed by atoms with van der Waals surface area (Å²) in [7, 11) is 0. The van der Waals surface area contributed by atoms with E-state index in [2.05, 4.69) is 37.1 Å². The van der Waals surface area contributed by atoms with Crippen molar-refractivity contribution in [3.8, 4) is 17.1 Å². The standard InChI is InChI=1S/C28H27BrN4O5S/c1-4-36-27(35)25-17(3)31-28(39)32-26(25)20-7-5-6-8-22(20)37-15-24(34)33-30-14-18-10-12-23(38-18)19-11-9-16(2)13-21(19)29/h5-14,26H,4,15H2,1-3H3,(H,33,34)(H2,31,32,39)/t26-/m0/s1. The number of esters is 1. The van der Waals surface area contributed by atoms with Crippen molar-refractivity contribution in [1.29, 1.82) is 0 Å². The number of aryl methyl sites for hydroxylation is 1. The third-order valence-electron chi connectivity index (χ3n) is 5.75. The van der Waals surface area contributed by atoms with Crippen molar-refractivity contribution >= 4 is 51.4 Å². The summed E-state index contributed by atoms with van der Waals surface area (Å²) in [6.45, 7) is 5.43. The van der Waals surface area contributed by atoms with Gasteiger partial charge in [0.05, 0.1) is 24.4 Å². The number of allylic oxidation sites excluding steroid dienone is 1. The molecule has 202 valence electrons. The summed E-state index contributed by atoms with van der Waals surface area (Å²) in [4.78, 5) is 25.1. The average Bonchev–Trinajstić information content (AvgIpc) is 3.35. The minimum Gasteiger partial charge on any atom is -0.483 e. The first-order valence-electron chi connectivity index (χ1n) is 12.1. The fraction of sp³-hybridized carbons (Fsp3) is 0.214. The molecule has 0 saturated carbocycles. The topological polar surface area (TPSA) is 114 Å². The number of nitrogens with one attached hydrogen (secondary N) is 3. The maximum absolute atomic E-state index is 12.7. The second-order valence-electron chi connectivity index (χ2n) is 8.60. The number of benzene rings is 2. The Balaban J connectivity index is 1.40.